The summed E-state index contributed by atoms with van der Waals surface area (Å²) in [6, 6.07) is 2.80. The van der Waals surface area contributed by atoms with E-state index in [-0.39, 0.29) is 24.4 Å². The molecule has 1 aliphatic carbocycles. The summed E-state index contributed by atoms with van der Waals surface area (Å²) in [6.45, 7) is 3.23. The monoisotopic (exact) mass is 328 g/mol. The number of hydrogen-bond acceptors (Lipinski definition) is 3. The van der Waals surface area contributed by atoms with Gasteiger partial charge in [-0.1, -0.05) is 6.42 Å². The molecule has 0 radical (unpaired) electrons. The second-order valence-electron chi connectivity index (χ2n) is 6.08. The van der Waals surface area contributed by atoms with E-state index >= 15 is 0 Å². The van der Waals surface area contributed by atoms with Gasteiger partial charge in [0.25, 0.3) is 5.91 Å². The molecule has 1 aromatic heterocycles. The highest BCUT2D eigenvalue weighted by atomic mass is 35.5. The minimum atomic E-state index is 0. The maximum atomic E-state index is 12.4. The summed E-state index contributed by atoms with van der Waals surface area (Å²) in [5.41, 5.74) is 1.42. The highest BCUT2D eigenvalue weighted by Crippen LogP contribution is 2.29. The van der Waals surface area contributed by atoms with Crippen molar-refractivity contribution in [3.05, 3.63) is 21.4 Å². The summed E-state index contributed by atoms with van der Waals surface area (Å²) in [7, 11) is 0. The normalized spacial score (nSPS) is 25.4. The predicted octanol–water partition coefficient (Wildman–Crippen LogP) is 3.31. The molecule has 0 bridgehead atoms. The van der Waals surface area contributed by atoms with Gasteiger partial charge >= 0.3 is 0 Å². The molecule has 0 aromatic carbocycles. The van der Waals surface area contributed by atoms with Crippen LogP contribution in [0.2, 0.25) is 0 Å². The number of carbonyl (C=O) groups is 1. The van der Waals surface area contributed by atoms with Crippen molar-refractivity contribution in [2.45, 2.75) is 64.0 Å². The maximum Gasteiger partial charge on any atom is 0.261 e. The van der Waals surface area contributed by atoms with Crippen LogP contribution in [0.5, 0.6) is 0 Å². The number of halogens is 1. The minimum absolute atomic E-state index is 0. The van der Waals surface area contributed by atoms with Gasteiger partial charge in [-0.2, -0.15) is 0 Å². The summed E-state index contributed by atoms with van der Waals surface area (Å²) in [6.07, 6.45) is 8.43. The second-order valence-corrected chi connectivity index (χ2v) is 7.22. The van der Waals surface area contributed by atoms with Crippen molar-refractivity contribution in [1.82, 2.24) is 10.6 Å². The van der Waals surface area contributed by atoms with E-state index in [2.05, 4.69) is 23.6 Å². The topological polar surface area (TPSA) is 41.1 Å². The van der Waals surface area contributed by atoms with Crippen LogP contribution >= 0.6 is 23.7 Å². The third-order valence-electron chi connectivity index (χ3n) is 4.55. The molecule has 2 unspecified atom stereocenters. The van der Waals surface area contributed by atoms with E-state index in [9.17, 15) is 4.79 Å². The second kappa shape index (κ2) is 7.61. The van der Waals surface area contributed by atoms with Gasteiger partial charge in [0.2, 0.25) is 0 Å². The van der Waals surface area contributed by atoms with Crippen LogP contribution in [0.1, 0.15) is 59.1 Å². The highest BCUT2D eigenvalue weighted by molar-refractivity contribution is 7.14. The number of carbonyl (C=O) groups excluding carboxylic acids is 1. The molecule has 0 saturated carbocycles. The molecule has 5 heteroatoms. The number of thiophene rings is 1. The lowest BCUT2D eigenvalue weighted by Gasteiger charge is -2.30. The fourth-order valence-electron chi connectivity index (χ4n) is 3.26. The molecule has 3 rings (SSSR count). The van der Waals surface area contributed by atoms with Gasteiger partial charge in [-0.15, -0.1) is 23.7 Å². The molecular weight excluding hydrogens is 304 g/mol. The number of hydrogen-bond donors (Lipinski definition) is 2. The molecule has 21 heavy (non-hydrogen) atoms. The first-order valence-electron chi connectivity index (χ1n) is 7.90. The summed E-state index contributed by atoms with van der Waals surface area (Å²) >= 11 is 1.71. The fourth-order valence-corrected chi connectivity index (χ4v) is 4.42. The van der Waals surface area contributed by atoms with E-state index in [0.29, 0.717) is 6.04 Å². The molecule has 2 aliphatic rings. The van der Waals surface area contributed by atoms with Crippen LogP contribution in [0.15, 0.2) is 6.07 Å². The zero-order valence-electron chi connectivity index (χ0n) is 12.6. The lowest BCUT2D eigenvalue weighted by Crippen LogP contribution is -2.51. The van der Waals surface area contributed by atoms with E-state index in [1.165, 1.54) is 29.7 Å². The van der Waals surface area contributed by atoms with Gasteiger partial charge in [0.05, 0.1) is 4.88 Å². The summed E-state index contributed by atoms with van der Waals surface area (Å²) in [5, 5.41) is 6.65. The van der Waals surface area contributed by atoms with Gasteiger partial charge in [-0.3, -0.25) is 4.79 Å². The largest absolute Gasteiger partial charge is 0.347 e. The van der Waals surface area contributed by atoms with Crippen LogP contribution in [0.3, 0.4) is 0 Å². The molecule has 1 saturated heterocycles. The Morgan fingerprint density at radius 2 is 2.10 bits per heavy atom. The molecule has 2 atom stereocenters. The maximum absolute atomic E-state index is 12.4. The molecule has 2 heterocycles. The smallest absolute Gasteiger partial charge is 0.261 e. The van der Waals surface area contributed by atoms with Crippen molar-refractivity contribution in [2.75, 3.05) is 6.54 Å². The Morgan fingerprint density at radius 3 is 2.90 bits per heavy atom. The minimum Gasteiger partial charge on any atom is -0.347 e. The lowest BCUT2D eigenvalue weighted by atomic mass is 10.00. The van der Waals surface area contributed by atoms with Crippen molar-refractivity contribution >= 4 is 29.7 Å². The predicted molar refractivity (Wildman–Crippen MR) is 90.8 cm³/mol. The number of rotatable bonds is 2. The van der Waals surface area contributed by atoms with Crippen molar-refractivity contribution in [3.63, 3.8) is 0 Å². The van der Waals surface area contributed by atoms with Crippen LogP contribution in [-0.2, 0) is 12.8 Å². The van der Waals surface area contributed by atoms with Crippen LogP contribution < -0.4 is 10.6 Å². The van der Waals surface area contributed by atoms with Crippen molar-refractivity contribution in [1.29, 1.82) is 0 Å². The molecule has 1 fully saturated rings. The molecular formula is C16H25ClN2OS. The first kappa shape index (κ1) is 16.8. The average Bonchev–Trinajstić information content (AvgIpc) is 2.73. The Labute approximate surface area is 137 Å². The first-order valence-corrected chi connectivity index (χ1v) is 8.71. The zero-order chi connectivity index (χ0) is 13.9. The molecule has 1 amide bonds. The van der Waals surface area contributed by atoms with Gasteiger partial charge < -0.3 is 10.6 Å². The van der Waals surface area contributed by atoms with E-state index in [1.807, 2.05) is 0 Å². The van der Waals surface area contributed by atoms with Crippen molar-refractivity contribution in [2.24, 2.45) is 0 Å². The number of amides is 1. The average molecular weight is 329 g/mol. The number of fused-ring (bicyclic) bond motifs is 1. The van der Waals surface area contributed by atoms with Crippen molar-refractivity contribution in [3.8, 4) is 0 Å². The van der Waals surface area contributed by atoms with Gasteiger partial charge in [0, 0.05) is 17.0 Å². The Kier molecular flexibility index (Phi) is 6.08. The Hall–Kier alpha value is -0.580. The van der Waals surface area contributed by atoms with Crippen LogP contribution in [0.25, 0.3) is 0 Å². The van der Waals surface area contributed by atoms with Crippen LogP contribution in [0, 0.1) is 0 Å². The van der Waals surface area contributed by atoms with E-state index in [0.717, 1.165) is 37.1 Å². The third kappa shape index (κ3) is 3.99. The summed E-state index contributed by atoms with van der Waals surface area (Å²) in [4.78, 5) is 14.8. The van der Waals surface area contributed by atoms with Gasteiger partial charge in [0.15, 0.2) is 0 Å². The van der Waals surface area contributed by atoms with Crippen LogP contribution in [-0.4, -0.2) is 24.5 Å². The quantitative estimate of drug-likeness (QED) is 0.818. The first-order chi connectivity index (χ1) is 9.74. The molecule has 0 spiro atoms. The van der Waals surface area contributed by atoms with E-state index in [1.54, 1.807) is 11.3 Å². The highest BCUT2D eigenvalue weighted by Gasteiger charge is 2.24. The zero-order valence-corrected chi connectivity index (χ0v) is 14.2. The fraction of sp³-hybridized carbons (Fsp3) is 0.688. The summed E-state index contributed by atoms with van der Waals surface area (Å²) in [5.74, 6) is 0.128. The van der Waals surface area contributed by atoms with Gasteiger partial charge in [0.1, 0.15) is 0 Å². The van der Waals surface area contributed by atoms with Crippen LogP contribution in [0.4, 0.5) is 0 Å². The number of piperidine rings is 1. The Morgan fingerprint density at radius 1 is 1.29 bits per heavy atom. The van der Waals surface area contributed by atoms with Crippen molar-refractivity contribution < 1.29 is 4.79 Å². The van der Waals surface area contributed by atoms with Gasteiger partial charge in [-0.25, -0.2) is 0 Å². The molecule has 2 N–H and O–H groups in total. The molecule has 3 nitrogen and oxygen atoms in total. The van der Waals surface area contributed by atoms with Gasteiger partial charge in [-0.05, 0) is 63.6 Å². The van der Waals surface area contributed by atoms with E-state index in [4.69, 9.17) is 0 Å². The standard InChI is InChI=1S/C16H24N2OS.ClH/c1-11-13(7-5-9-17-11)18-16(19)15-10-12-6-3-2-4-8-14(12)20-15;/h10-11,13,17H,2-9H2,1H3,(H,18,19);1H. The molecule has 118 valence electrons. The third-order valence-corrected chi connectivity index (χ3v) is 5.78. The SMILES string of the molecule is CC1NCCCC1NC(=O)c1cc2c(s1)CCCCC2.Cl. The Balaban J connectivity index is 0.00000161. The number of aryl methyl sites for hydroxylation is 2. The molecule has 1 aliphatic heterocycles. The Bertz CT molecular complexity index is 465. The number of nitrogens with one attached hydrogen (secondary N) is 2. The summed E-state index contributed by atoms with van der Waals surface area (Å²) < 4.78 is 0. The molecule has 1 aromatic rings. The lowest BCUT2D eigenvalue weighted by molar-refractivity contribution is 0.0924. The van der Waals surface area contributed by atoms with E-state index < -0.39 is 0 Å².